The number of piperazine rings is 1. The van der Waals surface area contributed by atoms with Crippen LogP contribution in [-0.4, -0.2) is 54.9 Å². The number of hydrogen-bond donors (Lipinski definition) is 0. The molecule has 0 N–H and O–H groups in total. The average molecular weight is 358 g/mol. The number of hydrogen-bond acceptors (Lipinski definition) is 3. The van der Waals surface area contributed by atoms with E-state index in [1.54, 1.807) is 7.11 Å². The Balaban J connectivity index is 1.67. The molecule has 26 heavy (non-hydrogen) atoms. The SMILES string of the molecule is COc1ccc(C(=O)N2CCN(C(=O)C3CCC3)CC2)cc1C(C)(C)C. The van der Waals surface area contributed by atoms with Crippen LogP contribution in [0.3, 0.4) is 0 Å². The van der Waals surface area contributed by atoms with Crippen LogP contribution in [0.15, 0.2) is 18.2 Å². The molecule has 0 bridgehead atoms. The third kappa shape index (κ3) is 3.71. The molecule has 0 radical (unpaired) electrons. The van der Waals surface area contributed by atoms with Gasteiger partial charge < -0.3 is 14.5 Å². The van der Waals surface area contributed by atoms with Crippen molar-refractivity contribution < 1.29 is 14.3 Å². The van der Waals surface area contributed by atoms with Gasteiger partial charge in [0.05, 0.1) is 7.11 Å². The van der Waals surface area contributed by atoms with Gasteiger partial charge in [0.15, 0.2) is 0 Å². The van der Waals surface area contributed by atoms with Crippen molar-refractivity contribution in [3.63, 3.8) is 0 Å². The maximum absolute atomic E-state index is 12.9. The Morgan fingerprint density at radius 3 is 2.15 bits per heavy atom. The van der Waals surface area contributed by atoms with E-state index in [-0.39, 0.29) is 23.1 Å². The summed E-state index contributed by atoms with van der Waals surface area (Å²) in [5, 5.41) is 0. The summed E-state index contributed by atoms with van der Waals surface area (Å²) in [4.78, 5) is 29.1. The molecule has 142 valence electrons. The zero-order valence-electron chi connectivity index (χ0n) is 16.4. The van der Waals surface area contributed by atoms with Crippen LogP contribution in [0, 0.1) is 5.92 Å². The number of methoxy groups -OCH3 is 1. The number of rotatable bonds is 3. The van der Waals surface area contributed by atoms with E-state index in [4.69, 9.17) is 4.74 Å². The molecule has 2 amide bonds. The minimum absolute atomic E-state index is 0.0360. The zero-order valence-corrected chi connectivity index (χ0v) is 16.4. The van der Waals surface area contributed by atoms with Gasteiger partial charge >= 0.3 is 0 Å². The second kappa shape index (κ2) is 7.29. The van der Waals surface area contributed by atoms with E-state index in [2.05, 4.69) is 20.8 Å². The third-order valence-electron chi connectivity index (χ3n) is 5.59. The van der Waals surface area contributed by atoms with Crippen LogP contribution in [0.25, 0.3) is 0 Å². The average Bonchev–Trinajstić information content (AvgIpc) is 2.58. The standard InChI is InChI=1S/C21H30N2O3/c1-21(2,3)17-14-16(8-9-18(17)26-4)20(25)23-12-10-22(11-13-23)19(24)15-6-5-7-15/h8-9,14-15H,5-7,10-13H2,1-4H3. The highest BCUT2D eigenvalue weighted by Gasteiger charge is 2.32. The molecule has 5 nitrogen and oxygen atoms in total. The number of nitrogens with zero attached hydrogens (tertiary/aromatic N) is 2. The van der Waals surface area contributed by atoms with Gasteiger partial charge in [-0.1, -0.05) is 27.2 Å². The van der Waals surface area contributed by atoms with Gasteiger partial charge in [-0.25, -0.2) is 0 Å². The van der Waals surface area contributed by atoms with Gasteiger partial charge in [-0.3, -0.25) is 9.59 Å². The van der Waals surface area contributed by atoms with E-state index in [0.717, 1.165) is 24.2 Å². The van der Waals surface area contributed by atoms with Crippen LogP contribution in [0.5, 0.6) is 5.75 Å². The lowest BCUT2D eigenvalue weighted by molar-refractivity contribution is -0.139. The highest BCUT2D eigenvalue weighted by Crippen LogP contribution is 2.32. The first-order chi connectivity index (χ1) is 12.3. The van der Waals surface area contributed by atoms with Crippen LogP contribution in [0.1, 0.15) is 56.0 Å². The van der Waals surface area contributed by atoms with Gasteiger partial charge in [0, 0.05) is 43.2 Å². The van der Waals surface area contributed by atoms with Gasteiger partial charge in [0.2, 0.25) is 5.91 Å². The normalized spacial score (nSPS) is 18.5. The summed E-state index contributed by atoms with van der Waals surface area (Å²) >= 11 is 0. The lowest BCUT2D eigenvalue weighted by Gasteiger charge is -2.38. The number of ether oxygens (including phenoxy) is 1. The molecular weight excluding hydrogens is 328 g/mol. The smallest absolute Gasteiger partial charge is 0.253 e. The first-order valence-corrected chi connectivity index (χ1v) is 9.58. The van der Waals surface area contributed by atoms with E-state index in [9.17, 15) is 9.59 Å². The molecule has 1 heterocycles. The van der Waals surface area contributed by atoms with E-state index >= 15 is 0 Å². The van der Waals surface area contributed by atoms with Crippen LogP contribution in [0.4, 0.5) is 0 Å². The lowest BCUT2D eigenvalue weighted by atomic mass is 9.84. The van der Waals surface area contributed by atoms with E-state index in [0.29, 0.717) is 31.7 Å². The molecule has 2 aliphatic rings. The van der Waals surface area contributed by atoms with Crippen LogP contribution in [-0.2, 0) is 10.2 Å². The molecule has 0 atom stereocenters. The largest absolute Gasteiger partial charge is 0.496 e. The molecule has 2 fully saturated rings. The van der Waals surface area contributed by atoms with Crippen molar-refractivity contribution in [1.82, 2.24) is 9.80 Å². The predicted molar refractivity (Wildman–Crippen MR) is 102 cm³/mol. The minimum atomic E-state index is -0.102. The fraction of sp³-hybridized carbons (Fsp3) is 0.619. The molecule has 1 aromatic rings. The van der Waals surface area contributed by atoms with Crippen molar-refractivity contribution in [3.05, 3.63) is 29.3 Å². The second-order valence-corrected chi connectivity index (χ2v) is 8.41. The third-order valence-corrected chi connectivity index (χ3v) is 5.59. The summed E-state index contributed by atoms with van der Waals surface area (Å²) < 4.78 is 5.46. The summed E-state index contributed by atoms with van der Waals surface area (Å²) in [5.41, 5.74) is 1.62. The van der Waals surface area contributed by atoms with Gasteiger partial charge in [0.1, 0.15) is 5.75 Å². The second-order valence-electron chi connectivity index (χ2n) is 8.41. The van der Waals surface area contributed by atoms with Crippen LogP contribution in [0.2, 0.25) is 0 Å². The fourth-order valence-corrected chi connectivity index (χ4v) is 3.65. The van der Waals surface area contributed by atoms with Gasteiger partial charge in [-0.2, -0.15) is 0 Å². The van der Waals surface area contributed by atoms with Crippen molar-refractivity contribution in [2.24, 2.45) is 5.92 Å². The van der Waals surface area contributed by atoms with Crippen molar-refractivity contribution in [2.45, 2.75) is 45.4 Å². The van der Waals surface area contributed by atoms with Crippen molar-refractivity contribution in [1.29, 1.82) is 0 Å². The first kappa shape index (κ1) is 18.7. The zero-order chi connectivity index (χ0) is 18.9. The Morgan fingerprint density at radius 2 is 1.65 bits per heavy atom. The molecular formula is C21H30N2O3. The highest BCUT2D eigenvalue weighted by atomic mass is 16.5. The summed E-state index contributed by atoms with van der Waals surface area (Å²) in [7, 11) is 1.66. The molecule has 1 aliphatic heterocycles. The summed E-state index contributed by atoms with van der Waals surface area (Å²) in [6, 6.07) is 5.67. The molecule has 1 saturated heterocycles. The molecule has 0 aromatic heterocycles. The maximum atomic E-state index is 12.9. The number of benzene rings is 1. The number of carbonyl (C=O) groups is 2. The molecule has 0 spiro atoms. The topological polar surface area (TPSA) is 49.9 Å². The Morgan fingerprint density at radius 1 is 1.04 bits per heavy atom. The fourth-order valence-electron chi connectivity index (χ4n) is 3.65. The summed E-state index contributed by atoms with van der Waals surface area (Å²) in [5.74, 6) is 1.36. The van der Waals surface area contributed by atoms with E-state index in [1.165, 1.54) is 6.42 Å². The first-order valence-electron chi connectivity index (χ1n) is 9.58. The molecule has 0 unspecified atom stereocenters. The Hall–Kier alpha value is -2.04. The molecule has 1 aromatic carbocycles. The number of amides is 2. The van der Waals surface area contributed by atoms with Crippen molar-refractivity contribution >= 4 is 11.8 Å². The van der Waals surface area contributed by atoms with Crippen molar-refractivity contribution in [3.8, 4) is 5.75 Å². The van der Waals surface area contributed by atoms with E-state index in [1.807, 2.05) is 28.0 Å². The number of carbonyl (C=O) groups excluding carboxylic acids is 2. The Kier molecular flexibility index (Phi) is 5.26. The van der Waals surface area contributed by atoms with E-state index < -0.39 is 0 Å². The van der Waals surface area contributed by atoms with Gasteiger partial charge in [-0.05, 0) is 36.5 Å². The van der Waals surface area contributed by atoms with Crippen molar-refractivity contribution in [2.75, 3.05) is 33.3 Å². The molecule has 3 rings (SSSR count). The summed E-state index contributed by atoms with van der Waals surface area (Å²) in [6.45, 7) is 8.84. The maximum Gasteiger partial charge on any atom is 0.253 e. The molecule has 1 saturated carbocycles. The van der Waals surface area contributed by atoms with Gasteiger partial charge in [-0.15, -0.1) is 0 Å². The lowest BCUT2D eigenvalue weighted by Crippen LogP contribution is -2.52. The minimum Gasteiger partial charge on any atom is -0.496 e. The van der Waals surface area contributed by atoms with Crippen LogP contribution >= 0.6 is 0 Å². The van der Waals surface area contributed by atoms with Crippen LogP contribution < -0.4 is 4.74 Å². The summed E-state index contributed by atoms with van der Waals surface area (Å²) in [6.07, 6.45) is 3.22. The van der Waals surface area contributed by atoms with Gasteiger partial charge in [0.25, 0.3) is 5.91 Å². The molecule has 5 heteroatoms. The monoisotopic (exact) mass is 358 g/mol. The Labute approximate surface area is 156 Å². The quantitative estimate of drug-likeness (QED) is 0.834. The molecule has 1 aliphatic carbocycles. The Bertz CT molecular complexity index is 681. The predicted octanol–water partition coefficient (Wildman–Crippen LogP) is 3.08. The highest BCUT2D eigenvalue weighted by molar-refractivity contribution is 5.95.